The molecule has 0 radical (unpaired) electrons. The van der Waals surface area contributed by atoms with Crippen LogP contribution in [0.5, 0.6) is 5.75 Å². The van der Waals surface area contributed by atoms with Crippen molar-refractivity contribution in [1.82, 2.24) is 4.31 Å². The van der Waals surface area contributed by atoms with E-state index in [4.69, 9.17) is 4.74 Å². The van der Waals surface area contributed by atoms with Crippen molar-refractivity contribution in [2.45, 2.75) is 37.3 Å². The molecule has 1 amide bonds. The van der Waals surface area contributed by atoms with Gasteiger partial charge in [0.05, 0.1) is 18.7 Å². The standard InChI is InChI=1S/C20H26N2O4S2/c1-15(2)14-26-18-8-4-3-7-17(18)21-19(23)13-16-9-10-20(27-16)28(24,25)22-11-5-6-12-22/h3-4,7-10,15H,5-6,11-14H2,1-2H3,(H,21,23). The van der Waals surface area contributed by atoms with Crippen LogP contribution in [0.1, 0.15) is 31.6 Å². The van der Waals surface area contributed by atoms with Crippen LogP contribution in [-0.2, 0) is 21.2 Å². The van der Waals surface area contributed by atoms with Crippen molar-refractivity contribution in [3.05, 3.63) is 41.3 Å². The molecule has 1 saturated heterocycles. The first-order valence-corrected chi connectivity index (χ1v) is 11.7. The van der Waals surface area contributed by atoms with Crippen molar-refractivity contribution in [1.29, 1.82) is 0 Å². The number of rotatable bonds is 8. The number of carbonyl (C=O) groups excluding carboxylic acids is 1. The quantitative estimate of drug-likeness (QED) is 0.703. The molecule has 0 saturated carbocycles. The Labute approximate surface area is 170 Å². The molecule has 1 aliphatic rings. The van der Waals surface area contributed by atoms with Crippen molar-refractivity contribution >= 4 is 33.0 Å². The van der Waals surface area contributed by atoms with Crippen molar-refractivity contribution in [3.8, 4) is 5.75 Å². The fourth-order valence-corrected chi connectivity index (χ4v) is 5.98. The summed E-state index contributed by atoms with van der Waals surface area (Å²) in [4.78, 5) is 13.2. The molecule has 1 aromatic heterocycles. The molecule has 1 aliphatic heterocycles. The number of amides is 1. The molecule has 6 nitrogen and oxygen atoms in total. The second kappa shape index (κ2) is 9.07. The summed E-state index contributed by atoms with van der Waals surface area (Å²) in [5.41, 5.74) is 0.620. The van der Waals surface area contributed by atoms with Gasteiger partial charge in [0.25, 0.3) is 10.0 Å². The molecule has 2 aromatic rings. The summed E-state index contributed by atoms with van der Waals surface area (Å²) in [7, 11) is -3.43. The third-order valence-electron chi connectivity index (χ3n) is 4.36. The number of benzene rings is 1. The van der Waals surface area contributed by atoms with Crippen LogP contribution in [-0.4, -0.2) is 38.3 Å². The van der Waals surface area contributed by atoms with Crippen molar-refractivity contribution in [2.24, 2.45) is 5.92 Å². The van der Waals surface area contributed by atoms with Gasteiger partial charge >= 0.3 is 0 Å². The summed E-state index contributed by atoms with van der Waals surface area (Å²) >= 11 is 1.16. The van der Waals surface area contributed by atoms with E-state index in [2.05, 4.69) is 19.2 Å². The molecule has 0 spiro atoms. The molecule has 2 heterocycles. The lowest BCUT2D eigenvalue weighted by atomic mass is 10.2. The van der Waals surface area contributed by atoms with E-state index in [0.29, 0.717) is 41.3 Å². The first-order chi connectivity index (χ1) is 13.4. The zero-order valence-corrected chi connectivity index (χ0v) is 17.8. The van der Waals surface area contributed by atoms with E-state index in [0.717, 1.165) is 29.1 Å². The predicted molar refractivity (Wildman–Crippen MR) is 111 cm³/mol. The fourth-order valence-electron chi connectivity index (χ4n) is 2.95. The summed E-state index contributed by atoms with van der Waals surface area (Å²) < 4.78 is 32.8. The Morgan fingerprint density at radius 2 is 1.89 bits per heavy atom. The van der Waals surface area contributed by atoms with Gasteiger partial charge in [-0.05, 0) is 43.0 Å². The minimum absolute atomic E-state index is 0.124. The number of para-hydroxylation sites is 2. The van der Waals surface area contributed by atoms with Crippen LogP contribution in [0, 0.1) is 5.92 Å². The monoisotopic (exact) mass is 422 g/mol. The topological polar surface area (TPSA) is 75.7 Å². The van der Waals surface area contributed by atoms with Gasteiger partial charge < -0.3 is 10.1 Å². The zero-order valence-electron chi connectivity index (χ0n) is 16.2. The number of anilines is 1. The molecule has 3 rings (SSSR count). The predicted octanol–water partition coefficient (Wildman–Crippen LogP) is 3.75. The first kappa shape index (κ1) is 20.8. The van der Waals surface area contributed by atoms with E-state index in [1.165, 1.54) is 4.31 Å². The highest BCUT2D eigenvalue weighted by molar-refractivity contribution is 7.91. The maximum absolute atomic E-state index is 12.6. The number of nitrogens with zero attached hydrogens (tertiary/aromatic N) is 1. The Bertz CT molecular complexity index is 916. The SMILES string of the molecule is CC(C)COc1ccccc1NC(=O)Cc1ccc(S(=O)(=O)N2CCCC2)s1. The molecule has 28 heavy (non-hydrogen) atoms. The van der Waals surface area contributed by atoms with Crippen LogP contribution >= 0.6 is 11.3 Å². The van der Waals surface area contributed by atoms with Crippen LogP contribution in [0.4, 0.5) is 5.69 Å². The van der Waals surface area contributed by atoms with E-state index in [1.807, 2.05) is 18.2 Å². The molecule has 0 atom stereocenters. The lowest BCUT2D eigenvalue weighted by molar-refractivity contribution is -0.115. The lowest BCUT2D eigenvalue weighted by Crippen LogP contribution is -2.27. The van der Waals surface area contributed by atoms with Gasteiger partial charge in [-0.25, -0.2) is 8.42 Å². The average molecular weight is 423 g/mol. The van der Waals surface area contributed by atoms with Gasteiger partial charge in [-0.2, -0.15) is 4.31 Å². The third kappa shape index (κ3) is 5.12. The highest BCUT2D eigenvalue weighted by Crippen LogP contribution is 2.28. The Morgan fingerprint density at radius 1 is 1.18 bits per heavy atom. The fraction of sp³-hybridized carbons (Fsp3) is 0.450. The summed E-state index contributed by atoms with van der Waals surface area (Å²) in [6.07, 6.45) is 1.93. The normalized spacial score (nSPS) is 15.1. The van der Waals surface area contributed by atoms with E-state index >= 15 is 0 Å². The second-order valence-corrected chi connectivity index (χ2v) is 10.6. The number of nitrogens with one attached hydrogen (secondary N) is 1. The Kier molecular flexibility index (Phi) is 6.74. The first-order valence-electron chi connectivity index (χ1n) is 9.47. The van der Waals surface area contributed by atoms with E-state index in [9.17, 15) is 13.2 Å². The highest BCUT2D eigenvalue weighted by atomic mass is 32.2. The number of thiophene rings is 1. The van der Waals surface area contributed by atoms with E-state index in [1.54, 1.807) is 18.2 Å². The van der Waals surface area contributed by atoms with Crippen molar-refractivity contribution < 1.29 is 17.9 Å². The highest BCUT2D eigenvalue weighted by Gasteiger charge is 2.28. The van der Waals surface area contributed by atoms with Crippen molar-refractivity contribution in [2.75, 3.05) is 25.0 Å². The molecule has 152 valence electrons. The van der Waals surface area contributed by atoms with Gasteiger partial charge in [0.15, 0.2) is 0 Å². The largest absolute Gasteiger partial charge is 0.491 e. The van der Waals surface area contributed by atoms with Crippen LogP contribution in [0.2, 0.25) is 0 Å². The van der Waals surface area contributed by atoms with Gasteiger partial charge in [0.2, 0.25) is 5.91 Å². The average Bonchev–Trinajstić information content (AvgIpc) is 3.33. The molecular weight excluding hydrogens is 396 g/mol. The van der Waals surface area contributed by atoms with Crippen LogP contribution < -0.4 is 10.1 Å². The zero-order chi connectivity index (χ0) is 20.1. The smallest absolute Gasteiger partial charge is 0.252 e. The van der Waals surface area contributed by atoms with Crippen LogP contribution in [0.3, 0.4) is 0 Å². The number of hydrogen-bond acceptors (Lipinski definition) is 5. The number of sulfonamides is 1. The molecular formula is C20H26N2O4S2. The molecule has 8 heteroatoms. The maximum Gasteiger partial charge on any atom is 0.252 e. The summed E-state index contributed by atoms with van der Waals surface area (Å²) in [5.74, 6) is 0.812. The van der Waals surface area contributed by atoms with Crippen LogP contribution in [0.15, 0.2) is 40.6 Å². The lowest BCUT2D eigenvalue weighted by Gasteiger charge is -2.14. The van der Waals surface area contributed by atoms with Gasteiger partial charge in [-0.3, -0.25) is 4.79 Å². The number of carbonyl (C=O) groups is 1. The molecule has 0 unspecified atom stereocenters. The molecule has 1 N–H and O–H groups in total. The van der Waals surface area contributed by atoms with Gasteiger partial charge in [-0.1, -0.05) is 26.0 Å². The summed E-state index contributed by atoms with van der Waals surface area (Å²) in [5, 5.41) is 2.87. The second-order valence-electron chi connectivity index (χ2n) is 7.26. The molecule has 1 aromatic carbocycles. The minimum Gasteiger partial charge on any atom is -0.491 e. The Balaban J connectivity index is 1.64. The molecule has 1 fully saturated rings. The van der Waals surface area contributed by atoms with Crippen molar-refractivity contribution in [3.63, 3.8) is 0 Å². The third-order valence-corrected chi connectivity index (χ3v) is 7.82. The van der Waals surface area contributed by atoms with Crippen LogP contribution in [0.25, 0.3) is 0 Å². The Morgan fingerprint density at radius 3 is 2.61 bits per heavy atom. The number of hydrogen-bond donors (Lipinski definition) is 1. The van der Waals surface area contributed by atoms with Gasteiger partial charge in [-0.15, -0.1) is 11.3 Å². The molecule has 0 aliphatic carbocycles. The van der Waals surface area contributed by atoms with E-state index in [-0.39, 0.29) is 12.3 Å². The molecule has 0 bridgehead atoms. The van der Waals surface area contributed by atoms with Gasteiger partial charge in [0.1, 0.15) is 9.96 Å². The summed E-state index contributed by atoms with van der Waals surface area (Å²) in [6.45, 7) is 5.83. The van der Waals surface area contributed by atoms with E-state index < -0.39 is 10.0 Å². The summed E-state index contributed by atoms with van der Waals surface area (Å²) in [6, 6.07) is 10.6. The maximum atomic E-state index is 12.6. The number of ether oxygens (including phenoxy) is 1. The Hall–Kier alpha value is -1.90. The van der Waals surface area contributed by atoms with Gasteiger partial charge in [0, 0.05) is 18.0 Å². The minimum atomic E-state index is -3.43.